The van der Waals surface area contributed by atoms with Gasteiger partial charge in [0.25, 0.3) is 0 Å². The van der Waals surface area contributed by atoms with Crippen molar-refractivity contribution in [3.05, 3.63) is 22.3 Å². The highest BCUT2D eigenvalue weighted by molar-refractivity contribution is 9.10. The Hall–Kier alpha value is -0.610. The SMILES string of the molecule is CCCCN(C)c1ncc(Br)cc1CN. The lowest BCUT2D eigenvalue weighted by molar-refractivity contribution is 0.755. The molecule has 3 nitrogen and oxygen atoms in total. The molecule has 0 aliphatic carbocycles. The molecule has 1 aromatic heterocycles. The zero-order valence-electron chi connectivity index (χ0n) is 9.33. The third-order valence-electron chi connectivity index (χ3n) is 2.34. The molecule has 1 heterocycles. The summed E-state index contributed by atoms with van der Waals surface area (Å²) in [6, 6.07) is 2.03. The van der Waals surface area contributed by atoms with Crippen molar-refractivity contribution in [3.8, 4) is 0 Å². The molecule has 0 saturated carbocycles. The summed E-state index contributed by atoms with van der Waals surface area (Å²) in [4.78, 5) is 6.57. The van der Waals surface area contributed by atoms with Crippen molar-refractivity contribution in [2.75, 3.05) is 18.5 Å². The van der Waals surface area contributed by atoms with E-state index in [4.69, 9.17) is 5.73 Å². The maximum absolute atomic E-state index is 5.70. The summed E-state index contributed by atoms with van der Waals surface area (Å²) in [5.74, 6) is 0.995. The second kappa shape index (κ2) is 6.08. The van der Waals surface area contributed by atoms with Gasteiger partial charge >= 0.3 is 0 Å². The Morgan fingerprint density at radius 3 is 2.87 bits per heavy atom. The standard InChI is InChI=1S/C11H18BrN3/c1-3-4-5-15(2)11-9(7-13)6-10(12)8-14-11/h6,8H,3-5,7,13H2,1-2H3. The van der Waals surface area contributed by atoms with Gasteiger partial charge in [0, 0.05) is 36.4 Å². The summed E-state index contributed by atoms with van der Waals surface area (Å²) in [7, 11) is 2.06. The van der Waals surface area contributed by atoms with E-state index in [2.05, 4.69) is 39.8 Å². The van der Waals surface area contributed by atoms with Gasteiger partial charge in [-0.15, -0.1) is 0 Å². The molecule has 1 rings (SSSR count). The fraction of sp³-hybridized carbons (Fsp3) is 0.545. The predicted molar refractivity (Wildman–Crippen MR) is 68.0 cm³/mol. The molecule has 0 atom stereocenters. The molecule has 0 aliphatic heterocycles. The number of nitrogens with two attached hydrogens (primary N) is 1. The normalized spacial score (nSPS) is 10.4. The van der Waals surface area contributed by atoms with Gasteiger partial charge < -0.3 is 10.6 Å². The summed E-state index contributed by atoms with van der Waals surface area (Å²) in [5.41, 5.74) is 6.78. The zero-order valence-corrected chi connectivity index (χ0v) is 10.9. The van der Waals surface area contributed by atoms with Crippen LogP contribution in [0.4, 0.5) is 5.82 Å². The van der Waals surface area contributed by atoms with Crippen LogP contribution in [-0.4, -0.2) is 18.6 Å². The van der Waals surface area contributed by atoms with E-state index in [0.717, 1.165) is 22.4 Å². The molecule has 0 radical (unpaired) electrons. The number of hydrogen-bond acceptors (Lipinski definition) is 3. The number of nitrogens with zero attached hydrogens (tertiary/aromatic N) is 2. The molecule has 4 heteroatoms. The number of halogens is 1. The summed E-state index contributed by atoms with van der Waals surface area (Å²) >= 11 is 3.40. The van der Waals surface area contributed by atoms with Gasteiger partial charge in [0.1, 0.15) is 5.82 Å². The van der Waals surface area contributed by atoms with Crippen molar-refractivity contribution in [2.45, 2.75) is 26.3 Å². The van der Waals surface area contributed by atoms with Gasteiger partial charge in [0.15, 0.2) is 0 Å². The summed E-state index contributed by atoms with van der Waals surface area (Å²) in [5, 5.41) is 0. The van der Waals surface area contributed by atoms with Crippen LogP contribution in [0.15, 0.2) is 16.7 Å². The monoisotopic (exact) mass is 271 g/mol. The van der Waals surface area contributed by atoms with E-state index in [1.165, 1.54) is 12.8 Å². The first kappa shape index (κ1) is 12.5. The molecule has 2 N–H and O–H groups in total. The smallest absolute Gasteiger partial charge is 0.132 e. The highest BCUT2D eigenvalue weighted by Gasteiger charge is 2.07. The average molecular weight is 272 g/mol. The van der Waals surface area contributed by atoms with E-state index < -0.39 is 0 Å². The Bertz CT molecular complexity index is 315. The third kappa shape index (κ3) is 3.47. The largest absolute Gasteiger partial charge is 0.359 e. The van der Waals surface area contributed by atoms with Gasteiger partial charge in [0.2, 0.25) is 0 Å². The van der Waals surface area contributed by atoms with Crippen molar-refractivity contribution in [1.82, 2.24) is 4.98 Å². The average Bonchev–Trinajstić information content (AvgIpc) is 2.25. The quantitative estimate of drug-likeness (QED) is 0.895. The van der Waals surface area contributed by atoms with Crippen molar-refractivity contribution in [3.63, 3.8) is 0 Å². The first-order valence-electron chi connectivity index (χ1n) is 5.24. The van der Waals surface area contributed by atoms with Gasteiger partial charge in [-0.1, -0.05) is 13.3 Å². The molecule has 0 unspecified atom stereocenters. The van der Waals surface area contributed by atoms with Crippen LogP contribution in [-0.2, 0) is 6.54 Å². The van der Waals surface area contributed by atoms with Gasteiger partial charge in [-0.05, 0) is 28.4 Å². The van der Waals surface area contributed by atoms with Crippen molar-refractivity contribution in [2.24, 2.45) is 5.73 Å². The first-order valence-corrected chi connectivity index (χ1v) is 6.04. The van der Waals surface area contributed by atoms with Gasteiger partial charge in [-0.25, -0.2) is 4.98 Å². The van der Waals surface area contributed by atoms with E-state index >= 15 is 0 Å². The summed E-state index contributed by atoms with van der Waals surface area (Å²) < 4.78 is 0.982. The van der Waals surface area contributed by atoms with Gasteiger partial charge in [-0.3, -0.25) is 0 Å². The van der Waals surface area contributed by atoms with Crippen LogP contribution >= 0.6 is 15.9 Å². The van der Waals surface area contributed by atoms with Crippen LogP contribution in [0, 0.1) is 0 Å². The zero-order chi connectivity index (χ0) is 11.3. The predicted octanol–water partition coefficient (Wildman–Crippen LogP) is 2.54. The van der Waals surface area contributed by atoms with Crippen molar-refractivity contribution >= 4 is 21.7 Å². The van der Waals surface area contributed by atoms with E-state index in [-0.39, 0.29) is 0 Å². The topological polar surface area (TPSA) is 42.2 Å². The highest BCUT2D eigenvalue weighted by atomic mass is 79.9. The Kier molecular flexibility index (Phi) is 5.05. The van der Waals surface area contributed by atoms with Crippen LogP contribution in [0.2, 0.25) is 0 Å². The highest BCUT2D eigenvalue weighted by Crippen LogP contribution is 2.20. The minimum atomic E-state index is 0.526. The maximum atomic E-state index is 5.70. The maximum Gasteiger partial charge on any atom is 0.132 e. The fourth-order valence-electron chi connectivity index (χ4n) is 1.47. The van der Waals surface area contributed by atoms with Crippen LogP contribution in [0.25, 0.3) is 0 Å². The minimum absolute atomic E-state index is 0.526. The van der Waals surface area contributed by atoms with E-state index in [9.17, 15) is 0 Å². The van der Waals surface area contributed by atoms with E-state index in [1.54, 1.807) is 0 Å². The Labute approximate surface area is 99.8 Å². The lowest BCUT2D eigenvalue weighted by atomic mass is 10.2. The molecule has 0 fully saturated rings. The van der Waals surface area contributed by atoms with E-state index in [1.807, 2.05) is 12.3 Å². The number of unbranched alkanes of at least 4 members (excludes halogenated alkanes) is 1. The van der Waals surface area contributed by atoms with Crippen LogP contribution in [0.3, 0.4) is 0 Å². The summed E-state index contributed by atoms with van der Waals surface area (Å²) in [6.07, 6.45) is 4.19. The Morgan fingerprint density at radius 2 is 2.27 bits per heavy atom. The second-order valence-corrected chi connectivity index (χ2v) is 4.53. The van der Waals surface area contributed by atoms with Crippen LogP contribution < -0.4 is 10.6 Å². The number of pyridine rings is 1. The first-order chi connectivity index (χ1) is 7.19. The molecular formula is C11H18BrN3. The molecule has 84 valence electrons. The fourth-order valence-corrected chi connectivity index (χ4v) is 1.85. The number of rotatable bonds is 5. The van der Waals surface area contributed by atoms with Crippen LogP contribution in [0.5, 0.6) is 0 Å². The third-order valence-corrected chi connectivity index (χ3v) is 2.77. The molecular weight excluding hydrogens is 254 g/mol. The second-order valence-electron chi connectivity index (χ2n) is 3.62. The molecule has 1 aromatic rings. The summed E-state index contributed by atoms with van der Waals surface area (Å²) in [6.45, 7) is 3.74. The molecule has 15 heavy (non-hydrogen) atoms. The van der Waals surface area contributed by atoms with Crippen molar-refractivity contribution < 1.29 is 0 Å². The minimum Gasteiger partial charge on any atom is -0.359 e. The van der Waals surface area contributed by atoms with Crippen molar-refractivity contribution in [1.29, 1.82) is 0 Å². The lowest BCUT2D eigenvalue weighted by Gasteiger charge is -2.20. The molecule has 0 aliphatic rings. The molecule has 0 aromatic carbocycles. The molecule has 0 spiro atoms. The Morgan fingerprint density at radius 1 is 1.53 bits per heavy atom. The lowest BCUT2D eigenvalue weighted by Crippen LogP contribution is -2.21. The van der Waals surface area contributed by atoms with Gasteiger partial charge in [-0.2, -0.15) is 0 Å². The van der Waals surface area contributed by atoms with Crippen LogP contribution in [0.1, 0.15) is 25.3 Å². The molecule has 0 bridgehead atoms. The molecule has 0 saturated heterocycles. The van der Waals surface area contributed by atoms with Gasteiger partial charge in [0.05, 0.1) is 0 Å². The number of aromatic nitrogens is 1. The Balaban J connectivity index is 2.82. The molecule has 0 amide bonds. The number of anilines is 1. The van der Waals surface area contributed by atoms with E-state index in [0.29, 0.717) is 6.54 Å². The number of hydrogen-bond donors (Lipinski definition) is 1.